The molecule has 2 aromatic heterocycles. The van der Waals surface area contributed by atoms with Crippen molar-refractivity contribution in [2.45, 2.75) is 6.92 Å². The van der Waals surface area contributed by atoms with Crippen molar-refractivity contribution in [3.63, 3.8) is 0 Å². The molecule has 0 bridgehead atoms. The predicted molar refractivity (Wildman–Crippen MR) is 45.2 cm³/mol. The Morgan fingerprint density at radius 3 is 3.15 bits per heavy atom. The van der Waals surface area contributed by atoms with Crippen molar-refractivity contribution in [2.75, 3.05) is 0 Å². The van der Waals surface area contributed by atoms with Crippen LogP contribution in [0.25, 0.3) is 5.65 Å². The fourth-order valence-corrected chi connectivity index (χ4v) is 1.13. The van der Waals surface area contributed by atoms with E-state index in [1.165, 1.54) is 4.52 Å². The minimum absolute atomic E-state index is 0.363. The molecular formula is C8H7N3O2. The Balaban J connectivity index is 2.94. The SMILES string of the molecule is Cc1ccn2c(c1)nc(=O)c[n+]2[O-]. The second kappa shape index (κ2) is 2.55. The van der Waals surface area contributed by atoms with Gasteiger partial charge in [-0.05, 0) is 24.6 Å². The van der Waals surface area contributed by atoms with Crippen LogP contribution in [0.4, 0.5) is 0 Å². The van der Waals surface area contributed by atoms with E-state index in [0.29, 0.717) is 10.5 Å². The molecule has 2 heterocycles. The number of nitrogens with zero attached hydrogens (tertiary/aromatic N) is 3. The molecule has 0 spiro atoms. The van der Waals surface area contributed by atoms with Gasteiger partial charge in [-0.15, -0.1) is 0 Å². The molecule has 0 aliphatic rings. The van der Waals surface area contributed by atoms with Crippen molar-refractivity contribution in [1.29, 1.82) is 0 Å². The molecule has 2 rings (SSSR count). The van der Waals surface area contributed by atoms with E-state index in [4.69, 9.17) is 0 Å². The first kappa shape index (κ1) is 7.72. The first-order valence-corrected chi connectivity index (χ1v) is 3.76. The first-order chi connectivity index (χ1) is 6.16. The summed E-state index contributed by atoms with van der Waals surface area (Å²) in [5, 5.41) is 11.2. The van der Waals surface area contributed by atoms with Gasteiger partial charge in [0.05, 0.1) is 6.20 Å². The van der Waals surface area contributed by atoms with E-state index in [-0.39, 0.29) is 0 Å². The molecule has 0 radical (unpaired) electrons. The van der Waals surface area contributed by atoms with Crippen LogP contribution in [-0.4, -0.2) is 9.50 Å². The van der Waals surface area contributed by atoms with Crippen molar-refractivity contribution >= 4 is 5.65 Å². The summed E-state index contributed by atoms with van der Waals surface area (Å²) in [5.74, 6) is 0. The van der Waals surface area contributed by atoms with E-state index >= 15 is 0 Å². The van der Waals surface area contributed by atoms with E-state index in [1.54, 1.807) is 18.3 Å². The molecule has 66 valence electrons. The minimum atomic E-state index is -0.527. The van der Waals surface area contributed by atoms with Crippen LogP contribution < -0.4 is 10.4 Å². The molecule has 0 fully saturated rings. The second-order valence-electron chi connectivity index (χ2n) is 2.79. The number of pyridine rings is 1. The normalized spacial score (nSPS) is 10.5. The van der Waals surface area contributed by atoms with Gasteiger partial charge in [-0.2, -0.15) is 4.98 Å². The summed E-state index contributed by atoms with van der Waals surface area (Å²) in [7, 11) is 0. The summed E-state index contributed by atoms with van der Waals surface area (Å²) in [5.41, 5.74) is 0.793. The average Bonchev–Trinajstić information content (AvgIpc) is 2.02. The lowest BCUT2D eigenvalue weighted by Crippen LogP contribution is -2.40. The smallest absolute Gasteiger partial charge is 0.339 e. The highest BCUT2D eigenvalue weighted by molar-refractivity contribution is 5.37. The van der Waals surface area contributed by atoms with Crippen LogP contribution in [0.2, 0.25) is 0 Å². The third-order valence-electron chi connectivity index (χ3n) is 1.73. The van der Waals surface area contributed by atoms with Gasteiger partial charge in [0.25, 0.3) is 6.20 Å². The molecule has 0 unspecified atom stereocenters. The Morgan fingerprint density at radius 2 is 2.38 bits per heavy atom. The van der Waals surface area contributed by atoms with Crippen LogP contribution in [-0.2, 0) is 0 Å². The van der Waals surface area contributed by atoms with Crippen LogP contribution >= 0.6 is 0 Å². The van der Waals surface area contributed by atoms with E-state index in [1.807, 2.05) is 6.92 Å². The van der Waals surface area contributed by atoms with Crippen molar-refractivity contribution in [3.05, 3.63) is 45.7 Å². The highest BCUT2D eigenvalue weighted by Gasteiger charge is 2.02. The molecule has 0 aromatic carbocycles. The molecule has 0 aliphatic carbocycles. The zero-order valence-corrected chi connectivity index (χ0v) is 6.97. The zero-order valence-electron chi connectivity index (χ0n) is 6.97. The Hall–Kier alpha value is -1.91. The summed E-state index contributed by atoms with van der Waals surface area (Å²) < 4.78 is 1.26. The number of rotatable bonds is 0. The van der Waals surface area contributed by atoms with Gasteiger partial charge in [0.15, 0.2) is 5.65 Å². The van der Waals surface area contributed by atoms with Gasteiger partial charge in [-0.25, -0.2) is 0 Å². The molecule has 0 aliphatic heterocycles. The van der Waals surface area contributed by atoms with Gasteiger partial charge in [-0.1, -0.05) is 9.36 Å². The van der Waals surface area contributed by atoms with Crippen LogP contribution in [0, 0.1) is 12.1 Å². The molecule has 0 saturated heterocycles. The predicted octanol–water partition coefficient (Wildman–Crippen LogP) is -0.364. The molecule has 5 nitrogen and oxygen atoms in total. The Kier molecular flexibility index (Phi) is 1.51. The zero-order chi connectivity index (χ0) is 9.42. The van der Waals surface area contributed by atoms with Crippen molar-refractivity contribution < 1.29 is 4.85 Å². The second-order valence-corrected chi connectivity index (χ2v) is 2.79. The largest absolute Gasteiger partial charge is 0.595 e. The summed E-state index contributed by atoms with van der Waals surface area (Å²) >= 11 is 0. The summed E-state index contributed by atoms with van der Waals surface area (Å²) in [6.07, 6.45) is 2.46. The van der Waals surface area contributed by atoms with Crippen molar-refractivity contribution in [2.24, 2.45) is 0 Å². The van der Waals surface area contributed by atoms with Gasteiger partial charge in [0.2, 0.25) is 0 Å². The fraction of sp³-hybridized carbons (Fsp3) is 0.125. The maximum absolute atomic E-state index is 11.2. The monoisotopic (exact) mass is 177 g/mol. The van der Waals surface area contributed by atoms with Gasteiger partial charge in [-0.3, -0.25) is 4.79 Å². The minimum Gasteiger partial charge on any atom is -0.595 e. The van der Waals surface area contributed by atoms with E-state index in [0.717, 1.165) is 11.8 Å². The van der Waals surface area contributed by atoms with Gasteiger partial charge in [0.1, 0.15) is 0 Å². The lowest BCUT2D eigenvalue weighted by molar-refractivity contribution is -0.681. The highest BCUT2D eigenvalue weighted by atomic mass is 16.5. The molecule has 2 aromatic rings. The first-order valence-electron chi connectivity index (χ1n) is 3.76. The van der Waals surface area contributed by atoms with Crippen LogP contribution in [0.1, 0.15) is 5.56 Å². The third-order valence-corrected chi connectivity index (χ3v) is 1.73. The van der Waals surface area contributed by atoms with Crippen LogP contribution in [0.3, 0.4) is 0 Å². The maximum atomic E-state index is 11.2. The summed E-state index contributed by atoms with van der Waals surface area (Å²) in [6.45, 7) is 1.87. The van der Waals surface area contributed by atoms with Gasteiger partial charge >= 0.3 is 5.56 Å². The topological polar surface area (TPSA) is 61.3 Å². The molecular weight excluding hydrogens is 170 g/mol. The Labute approximate surface area is 73.5 Å². The number of fused-ring (bicyclic) bond motifs is 1. The van der Waals surface area contributed by atoms with Crippen molar-refractivity contribution in [3.8, 4) is 0 Å². The number of hydrogen-bond acceptors (Lipinski definition) is 3. The number of hydrogen-bond donors (Lipinski definition) is 0. The summed E-state index contributed by atoms with van der Waals surface area (Å²) in [6, 6.07) is 3.45. The lowest BCUT2D eigenvalue weighted by atomic mass is 10.3. The van der Waals surface area contributed by atoms with Crippen LogP contribution in [0.5, 0.6) is 0 Å². The fourth-order valence-electron chi connectivity index (χ4n) is 1.13. The van der Waals surface area contributed by atoms with Gasteiger partial charge < -0.3 is 5.21 Å². The van der Waals surface area contributed by atoms with E-state index in [2.05, 4.69) is 4.98 Å². The van der Waals surface area contributed by atoms with Gasteiger partial charge in [0, 0.05) is 0 Å². The quantitative estimate of drug-likeness (QED) is 0.407. The number of aromatic nitrogens is 3. The molecule has 0 atom stereocenters. The molecule has 0 N–H and O–H groups in total. The third kappa shape index (κ3) is 1.24. The van der Waals surface area contributed by atoms with E-state index < -0.39 is 5.56 Å². The van der Waals surface area contributed by atoms with E-state index in [9.17, 15) is 10.0 Å². The lowest BCUT2D eigenvalue weighted by Gasteiger charge is -2.01. The Bertz CT molecular complexity index is 518. The highest BCUT2D eigenvalue weighted by Crippen LogP contribution is 1.98. The number of aryl methyl sites for hydroxylation is 1. The summed E-state index contributed by atoms with van der Waals surface area (Å²) in [4.78, 5) is 15.0. The molecule has 5 heteroatoms. The molecule has 0 amide bonds. The molecule has 0 saturated carbocycles. The standard InChI is InChI=1S/C8H7N3O2/c1-6-2-3-10-7(4-6)9-8(12)5-11(10)13/h2-5H,1H3. The van der Waals surface area contributed by atoms with Crippen LogP contribution in [0.15, 0.2) is 29.3 Å². The Morgan fingerprint density at radius 1 is 1.62 bits per heavy atom. The average molecular weight is 177 g/mol. The van der Waals surface area contributed by atoms with Crippen molar-refractivity contribution in [1.82, 2.24) is 9.50 Å². The molecule has 13 heavy (non-hydrogen) atoms. The maximum Gasteiger partial charge on any atom is 0.339 e.